The predicted molar refractivity (Wildman–Crippen MR) is 132 cm³/mol. The summed E-state index contributed by atoms with van der Waals surface area (Å²) in [6, 6.07) is 23.6. The average Bonchev–Trinajstić information content (AvgIpc) is 2.85. The molecule has 0 fully saturated rings. The Morgan fingerprint density at radius 2 is 1.67 bits per heavy atom. The molecule has 0 aliphatic heterocycles. The molecule has 0 saturated carbocycles. The SMILES string of the molecule is COC(=O)/C=C/c1cccc(N(Cc2ccc(-c3ccccc3OC)cc2)C(=O)C(C)C)c1. The number of esters is 1. The molecule has 0 bridgehead atoms. The van der Waals surface area contributed by atoms with Gasteiger partial charge in [-0.25, -0.2) is 4.79 Å². The highest BCUT2D eigenvalue weighted by atomic mass is 16.5. The first-order valence-electron chi connectivity index (χ1n) is 10.8. The minimum atomic E-state index is -0.425. The van der Waals surface area contributed by atoms with Crippen LogP contribution >= 0.6 is 0 Å². The minimum Gasteiger partial charge on any atom is -0.496 e. The number of methoxy groups -OCH3 is 2. The molecule has 1 amide bonds. The predicted octanol–water partition coefficient (Wildman–Crippen LogP) is 5.74. The Morgan fingerprint density at radius 3 is 2.33 bits per heavy atom. The molecular formula is C28H29NO4. The Balaban J connectivity index is 1.88. The molecule has 5 heteroatoms. The van der Waals surface area contributed by atoms with Crippen molar-refractivity contribution in [3.05, 3.63) is 90.0 Å². The molecule has 33 heavy (non-hydrogen) atoms. The van der Waals surface area contributed by atoms with Crippen molar-refractivity contribution in [3.63, 3.8) is 0 Å². The number of ether oxygens (including phenoxy) is 2. The first-order valence-corrected chi connectivity index (χ1v) is 10.8. The summed E-state index contributed by atoms with van der Waals surface area (Å²) >= 11 is 0. The third-order valence-electron chi connectivity index (χ3n) is 5.27. The van der Waals surface area contributed by atoms with Crippen LogP contribution in [0.4, 0.5) is 5.69 Å². The van der Waals surface area contributed by atoms with Gasteiger partial charge in [0.15, 0.2) is 0 Å². The quantitative estimate of drug-likeness (QED) is 0.329. The summed E-state index contributed by atoms with van der Waals surface area (Å²) in [4.78, 5) is 26.3. The second-order valence-electron chi connectivity index (χ2n) is 7.93. The van der Waals surface area contributed by atoms with Gasteiger partial charge in [0.05, 0.1) is 20.8 Å². The van der Waals surface area contributed by atoms with Crippen LogP contribution in [0.5, 0.6) is 5.75 Å². The van der Waals surface area contributed by atoms with Crippen molar-refractivity contribution in [2.24, 2.45) is 5.92 Å². The van der Waals surface area contributed by atoms with Crippen LogP contribution < -0.4 is 9.64 Å². The zero-order chi connectivity index (χ0) is 23.8. The van der Waals surface area contributed by atoms with Gasteiger partial charge >= 0.3 is 5.97 Å². The maximum atomic E-state index is 13.1. The zero-order valence-corrected chi connectivity index (χ0v) is 19.4. The smallest absolute Gasteiger partial charge is 0.330 e. The Morgan fingerprint density at radius 1 is 0.939 bits per heavy atom. The van der Waals surface area contributed by atoms with E-state index in [1.165, 1.54) is 13.2 Å². The van der Waals surface area contributed by atoms with E-state index in [0.29, 0.717) is 6.54 Å². The Labute approximate surface area is 195 Å². The standard InChI is InChI=1S/C28H29NO4/c1-20(2)28(31)29(24-9-7-8-21(18-24)14-17-27(30)33-4)19-22-12-15-23(16-13-22)25-10-5-6-11-26(25)32-3/h5-18,20H,19H2,1-4H3/b17-14+. The molecule has 0 N–H and O–H groups in total. The van der Waals surface area contributed by atoms with Crippen LogP contribution in [0, 0.1) is 5.92 Å². The molecule has 0 radical (unpaired) electrons. The summed E-state index contributed by atoms with van der Waals surface area (Å²) in [6.45, 7) is 4.22. The van der Waals surface area contributed by atoms with Crippen LogP contribution in [-0.4, -0.2) is 26.1 Å². The van der Waals surface area contributed by atoms with Gasteiger partial charge in [-0.3, -0.25) is 4.79 Å². The first kappa shape index (κ1) is 23.8. The Kier molecular flexibility index (Phi) is 8.03. The molecular weight excluding hydrogens is 414 g/mol. The van der Waals surface area contributed by atoms with Gasteiger partial charge in [-0.15, -0.1) is 0 Å². The van der Waals surface area contributed by atoms with Gasteiger partial charge in [-0.1, -0.05) is 68.4 Å². The van der Waals surface area contributed by atoms with Crippen molar-refractivity contribution >= 4 is 23.6 Å². The van der Waals surface area contributed by atoms with Crippen LogP contribution in [0.25, 0.3) is 17.2 Å². The number of carbonyl (C=O) groups excluding carboxylic acids is 2. The van der Waals surface area contributed by atoms with Crippen molar-refractivity contribution in [2.75, 3.05) is 19.1 Å². The summed E-state index contributed by atoms with van der Waals surface area (Å²) in [5.74, 6) is 0.259. The number of nitrogens with zero attached hydrogens (tertiary/aromatic N) is 1. The topological polar surface area (TPSA) is 55.8 Å². The van der Waals surface area contributed by atoms with Crippen molar-refractivity contribution in [2.45, 2.75) is 20.4 Å². The molecule has 0 atom stereocenters. The molecule has 0 unspecified atom stereocenters. The van der Waals surface area contributed by atoms with Crippen molar-refractivity contribution < 1.29 is 19.1 Å². The number of carbonyl (C=O) groups is 2. The highest BCUT2D eigenvalue weighted by Crippen LogP contribution is 2.30. The van der Waals surface area contributed by atoms with Gasteiger partial charge in [0.25, 0.3) is 0 Å². The number of hydrogen-bond donors (Lipinski definition) is 0. The third kappa shape index (κ3) is 6.10. The monoisotopic (exact) mass is 443 g/mol. The number of rotatable bonds is 8. The van der Waals surface area contributed by atoms with E-state index >= 15 is 0 Å². The molecule has 170 valence electrons. The summed E-state index contributed by atoms with van der Waals surface area (Å²) in [5, 5.41) is 0. The van der Waals surface area contributed by atoms with E-state index < -0.39 is 5.97 Å². The first-order chi connectivity index (χ1) is 15.9. The van der Waals surface area contributed by atoms with Gasteiger partial charge in [0.2, 0.25) is 5.91 Å². The molecule has 0 heterocycles. The van der Waals surface area contributed by atoms with E-state index in [2.05, 4.69) is 4.74 Å². The van der Waals surface area contributed by atoms with E-state index in [0.717, 1.165) is 33.7 Å². The fourth-order valence-electron chi connectivity index (χ4n) is 3.49. The Hall–Kier alpha value is -3.86. The minimum absolute atomic E-state index is 0.0258. The van der Waals surface area contributed by atoms with Crippen molar-refractivity contribution in [3.8, 4) is 16.9 Å². The maximum absolute atomic E-state index is 13.1. The molecule has 3 aromatic carbocycles. The molecule has 0 aliphatic carbocycles. The maximum Gasteiger partial charge on any atom is 0.330 e. The Bertz CT molecular complexity index is 1130. The summed E-state index contributed by atoms with van der Waals surface area (Å²) in [7, 11) is 3.00. The van der Waals surface area contributed by atoms with Gasteiger partial charge in [-0.05, 0) is 41.0 Å². The van der Waals surface area contributed by atoms with Gasteiger partial charge < -0.3 is 14.4 Å². The van der Waals surface area contributed by atoms with Crippen LogP contribution in [0.2, 0.25) is 0 Å². The highest BCUT2D eigenvalue weighted by Gasteiger charge is 2.19. The number of hydrogen-bond acceptors (Lipinski definition) is 4. The second kappa shape index (κ2) is 11.1. The largest absolute Gasteiger partial charge is 0.496 e. The zero-order valence-electron chi connectivity index (χ0n) is 19.4. The van der Waals surface area contributed by atoms with E-state index in [1.54, 1.807) is 18.1 Å². The molecule has 0 aromatic heterocycles. The number of benzene rings is 3. The average molecular weight is 444 g/mol. The third-order valence-corrected chi connectivity index (χ3v) is 5.27. The fourth-order valence-corrected chi connectivity index (χ4v) is 3.49. The number of amides is 1. The van der Waals surface area contributed by atoms with E-state index in [4.69, 9.17) is 4.74 Å². The second-order valence-corrected chi connectivity index (χ2v) is 7.93. The van der Waals surface area contributed by atoms with Crippen molar-refractivity contribution in [1.82, 2.24) is 0 Å². The van der Waals surface area contributed by atoms with Crippen LogP contribution in [0.1, 0.15) is 25.0 Å². The van der Waals surface area contributed by atoms with Gasteiger partial charge in [0.1, 0.15) is 5.75 Å². The molecule has 0 spiro atoms. The number of anilines is 1. The van der Waals surface area contributed by atoms with Gasteiger partial charge in [-0.2, -0.15) is 0 Å². The molecule has 3 rings (SSSR count). The van der Waals surface area contributed by atoms with E-state index in [-0.39, 0.29) is 11.8 Å². The van der Waals surface area contributed by atoms with Crippen LogP contribution in [0.3, 0.4) is 0 Å². The van der Waals surface area contributed by atoms with Crippen molar-refractivity contribution in [1.29, 1.82) is 0 Å². The molecule has 5 nitrogen and oxygen atoms in total. The molecule has 0 saturated heterocycles. The number of para-hydroxylation sites is 1. The lowest BCUT2D eigenvalue weighted by atomic mass is 10.0. The summed E-state index contributed by atoms with van der Waals surface area (Å²) in [6.07, 6.45) is 3.04. The molecule has 3 aromatic rings. The lowest BCUT2D eigenvalue weighted by molar-refractivity contribution is -0.134. The summed E-state index contributed by atoms with van der Waals surface area (Å²) in [5.41, 5.74) is 4.67. The molecule has 0 aliphatic rings. The van der Waals surface area contributed by atoms with Crippen LogP contribution in [0.15, 0.2) is 78.9 Å². The fraction of sp³-hybridized carbons (Fsp3) is 0.214. The lowest BCUT2D eigenvalue weighted by Crippen LogP contribution is -2.33. The van der Waals surface area contributed by atoms with E-state index in [9.17, 15) is 9.59 Å². The van der Waals surface area contributed by atoms with Gasteiger partial charge in [0, 0.05) is 23.2 Å². The highest BCUT2D eigenvalue weighted by molar-refractivity contribution is 5.95. The lowest BCUT2D eigenvalue weighted by Gasteiger charge is -2.25. The van der Waals surface area contributed by atoms with E-state index in [1.807, 2.05) is 86.6 Å². The van der Waals surface area contributed by atoms with Crippen LogP contribution in [-0.2, 0) is 20.9 Å². The summed E-state index contributed by atoms with van der Waals surface area (Å²) < 4.78 is 10.1. The normalized spacial score (nSPS) is 10.9.